The van der Waals surface area contributed by atoms with Gasteiger partial charge in [-0.15, -0.1) is 11.3 Å². The molecule has 9 heteroatoms. The lowest BCUT2D eigenvalue weighted by Crippen LogP contribution is -2.24. The first-order valence-electron chi connectivity index (χ1n) is 7.90. The summed E-state index contributed by atoms with van der Waals surface area (Å²) in [5, 5.41) is 3.33. The molecule has 0 spiro atoms. The summed E-state index contributed by atoms with van der Waals surface area (Å²) in [6.45, 7) is 2.15. The van der Waals surface area contributed by atoms with Crippen molar-refractivity contribution in [2.24, 2.45) is 0 Å². The molecule has 6 nitrogen and oxygen atoms in total. The first-order chi connectivity index (χ1) is 13.0. The first kappa shape index (κ1) is 19.5. The quantitative estimate of drug-likeness (QED) is 0.581. The Morgan fingerprint density at radius 1 is 1.33 bits per heavy atom. The van der Waals surface area contributed by atoms with Crippen LogP contribution >= 0.6 is 22.9 Å². The number of thiophene rings is 1. The zero-order valence-electron chi connectivity index (χ0n) is 14.3. The van der Waals surface area contributed by atoms with E-state index < -0.39 is 11.3 Å². The topological polar surface area (TPSA) is 82.5 Å². The normalized spacial score (nSPS) is 11.8. The lowest BCUT2D eigenvalue weighted by Gasteiger charge is -2.21. The summed E-state index contributed by atoms with van der Waals surface area (Å²) in [5.74, 6) is -0.284. The second-order valence-corrected chi connectivity index (χ2v) is 8.17. The lowest BCUT2D eigenvalue weighted by molar-refractivity contribution is 0.0951. The predicted octanol–water partition coefficient (Wildman–Crippen LogP) is 4.31. The largest absolute Gasteiger partial charge is 0.348 e. The van der Waals surface area contributed by atoms with Gasteiger partial charge in [-0.1, -0.05) is 23.7 Å². The maximum absolute atomic E-state index is 12.5. The second kappa shape index (κ2) is 8.62. The van der Waals surface area contributed by atoms with E-state index in [1.807, 2.05) is 13.0 Å². The Balaban J connectivity index is 1.86. The summed E-state index contributed by atoms with van der Waals surface area (Å²) in [7, 11) is 0. The fourth-order valence-electron chi connectivity index (χ4n) is 2.45. The molecule has 0 bridgehead atoms. The maximum atomic E-state index is 12.5. The molecule has 2 N–H and O–H groups in total. The highest BCUT2D eigenvalue weighted by molar-refractivity contribution is 7.81. The van der Waals surface area contributed by atoms with Crippen LogP contribution in [0, 0.1) is 6.92 Å². The molecule has 27 heavy (non-hydrogen) atoms. The standard InChI is InChI=1S/C18H16ClN3O3S2/c1-12-4-5-14(18(23)21-11-13-3-2-8-20-10-13)9-15(12)22(27(24)25)17-7-6-16(19)26-17/h2-10H,11H2,1H3,(H,21,23)(H,24,25). The monoisotopic (exact) mass is 421 g/mol. The number of hydrogen-bond donors (Lipinski definition) is 2. The molecule has 0 fully saturated rings. The van der Waals surface area contributed by atoms with Crippen molar-refractivity contribution in [2.45, 2.75) is 13.5 Å². The zero-order chi connectivity index (χ0) is 19.4. The number of carbonyl (C=O) groups excluding carboxylic acids is 1. The van der Waals surface area contributed by atoms with Crippen molar-refractivity contribution in [1.29, 1.82) is 0 Å². The third kappa shape index (κ3) is 4.72. The molecule has 2 aromatic heterocycles. The third-order valence-electron chi connectivity index (χ3n) is 3.78. The minimum atomic E-state index is -2.31. The van der Waals surface area contributed by atoms with Gasteiger partial charge in [-0.05, 0) is 48.4 Å². The van der Waals surface area contributed by atoms with E-state index in [4.69, 9.17) is 11.6 Å². The summed E-state index contributed by atoms with van der Waals surface area (Å²) in [6, 6.07) is 12.0. The van der Waals surface area contributed by atoms with Gasteiger partial charge in [0.1, 0.15) is 5.00 Å². The molecule has 0 aliphatic carbocycles. The van der Waals surface area contributed by atoms with E-state index in [-0.39, 0.29) is 5.91 Å². The van der Waals surface area contributed by atoms with Crippen LogP contribution < -0.4 is 9.62 Å². The van der Waals surface area contributed by atoms with Crippen molar-refractivity contribution in [3.05, 3.63) is 75.9 Å². The second-order valence-electron chi connectivity index (χ2n) is 5.65. The third-order valence-corrected chi connectivity index (χ3v) is 5.82. The van der Waals surface area contributed by atoms with E-state index in [1.165, 1.54) is 15.6 Å². The summed E-state index contributed by atoms with van der Waals surface area (Å²) in [4.78, 5) is 16.5. The molecule has 2 heterocycles. The summed E-state index contributed by atoms with van der Waals surface area (Å²) in [5.41, 5.74) is 2.48. The van der Waals surface area contributed by atoms with Crippen molar-refractivity contribution in [2.75, 3.05) is 4.31 Å². The molecule has 1 unspecified atom stereocenters. The minimum Gasteiger partial charge on any atom is -0.348 e. The van der Waals surface area contributed by atoms with Crippen molar-refractivity contribution >= 4 is 50.8 Å². The van der Waals surface area contributed by atoms with Crippen LogP contribution in [0.25, 0.3) is 0 Å². The highest BCUT2D eigenvalue weighted by atomic mass is 35.5. The molecule has 0 aliphatic heterocycles. The predicted molar refractivity (Wildman–Crippen MR) is 109 cm³/mol. The Morgan fingerprint density at radius 2 is 2.15 bits per heavy atom. The van der Waals surface area contributed by atoms with Gasteiger partial charge >= 0.3 is 0 Å². The molecule has 3 rings (SSSR count). The summed E-state index contributed by atoms with van der Waals surface area (Å²) < 4.78 is 23.5. The van der Waals surface area contributed by atoms with E-state index in [1.54, 1.807) is 48.8 Å². The number of rotatable bonds is 6. The van der Waals surface area contributed by atoms with Gasteiger partial charge in [-0.25, -0.2) is 8.51 Å². The number of nitrogens with one attached hydrogen (secondary N) is 1. The number of aromatic nitrogens is 1. The average Bonchev–Trinajstić information content (AvgIpc) is 3.08. The van der Waals surface area contributed by atoms with Gasteiger partial charge in [-0.3, -0.25) is 14.3 Å². The number of halogens is 1. The Labute approximate surface area is 168 Å². The highest BCUT2D eigenvalue weighted by Gasteiger charge is 2.20. The van der Waals surface area contributed by atoms with Gasteiger partial charge < -0.3 is 5.32 Å². The minimum absolute atomic E-state index is 0.284. The zero-order valence-corrected chi connectivity index (χ0v) is 16.6. The number of amides is 1. The smallest absolute Gasteiger partial charge is 0.267 e. The molecule has 0 saturated heterocycles. The van der Waals surface area contributed by atoms with E-state index in [0.717, 1.165) is 11.1 Å². The molecule has 0 saturated carbocycles. The Hall–Kier alpha value is -2.26. The van der Waals surface area contributed by atoms with Crippen LogP contribution in [0.3, 0.4) is 0 Å². The maximum Gasteiger partial charge on any atom is 0.267 e. The molecular formula is C18H16ClN3O3S2. The molecule has 0 aliphatic rings. The van der Waals surface area contributed by atoms with Gasteiger partial charge in [0, 0.05) is 24.5 Å². The number of carbonyl (C=O) groups is 1. The first-order valence-corrected chi connectivity index (χ1v) is 10.2. The molecule has 1 amide bonds. The van der Waals surface area contributed by atoms with Crippen molar-refractivity contribution in [3.8, 4) is 0 Å². The van der Waals surface area contributed by atoms with E-state index in [9.17, 15) is 13.6 Å². The molecule has 0 radical (unpaired) electrons. The number of aryl methyl sites for hydroxylation is 1. The van der Waals surface area contributed by atoms with Crippen LogP contribution in [0.2, 0.25) is 4.34 Å². The molecule has 140 valence electrons. The van der Waals surface area contributed by atoms with Gasteiger partial charge in [-0.2, -0.15) is 0 Å². The summed E-state index contributed by atoms with van der Waals surface area (Å²) >= 11 is 4.83. The molecule has 3 aromatic rings. The van der Waals surface area contributed by atoms with Gasteiger partial charge in [0.15, 0.2) is 0 Å². The number of benzene rings is 1. The lowest BCUT2D eigenvalue weighted by atomic mass is 10.1. The molecule has 1 aromatic carbocycles. The number of anilines is 2. The van der Waals surface area contributed by atoms with Crippen molar-refractivity contribution in [3.63, 3.8) is 0 Å². The van der Waals surface area contributed by atoms with E-state index in [0.29, 0.717) is 27.1 Å². The van der Waals surface area contributed by atoms with Crippen LogP contribution in [-0.4, -0.2) is 19.7 Å². The van der Waals surface area contributed by atoms with E-state index >= 15 is 0 Å². The molecule has 1 atom stereocenters. The Morgan fingerprint density at radius 3 is 2.78 bits per heavy atom. The Bertz CT molecular complexity index is 979. The fourth-order valence-corrected chi connectivity index (χ4v) is 4.29. The van der Waals surface area contributed by atoms with Crippen LogP contribution in [-0.2, 0) is 17.8 Å². The fraction of sp³-hybridized carbons (Fsp3) is 0.111. The summed E-state index contributed by atoms with van der Waals surface area (Å²) in [6.07, 6.45) is 3.34. The highest BCUT2D eigenvalue weighted by Crippen LogP contribution is 2.37. The Kier molecular flexibility index (Phi) is 6.22. The van der Waals surface area contributed by atoms with Crippen LogP contribution in [0.5, 0.6) is 0 Å². The van der Waals surface area contributed by atoms with Crippen LogP contribution in [0.15, 0.2) is 54.9 Å². The number of nitrogens with zero attached hydrogens (tertiary/aromatic N) is 2. The van der Waals surface area contributed by atoms with Crippen LogP contribution in [0.1, 0.15) is 21.5 Å². The molecular weight excluding hydrogens is 406 g/mol. The van der Waals surface area contributed by atoms with Crippen molar-refractivity contribution < 1.29 is 13.6 Å². The van der Waals surface area contributed by atoms with Gasteiger partial charge in [0.05, 0.1) is 10.0 Å². The van der Waals surface area contributed by atoms with Gasteiger partial charge in [0.25, 0.3) is 17.2 Å². The van der Waals surface area contributed by atoms with Gasteiger partial charge in [0.2, 0.25) is 0 Å². The SMILES string of the molecule is Cc1ccc(C(=O)NCc2cccnc2)cc1N(c1ccc(Cl)s1)S(=O)O. The van der Waals surface area contributed by atoms with Crippen LogP contribution in [0.4, 0.5) is 10.7 Å². The number of pyridine rings is 1. The van der Waals surface area contributed by atoms with E-state index in [2.05, 4.69) is 10.3 Å². The van der Waals surface area contributed by atoms with Crippen molar-refractivity contribution in [1.82, 2.24) is 10.3 Å². The average molecular weight is 422 g/mol. The number of hydrogen-bond acceptors (Lipinski definition) is 4.